The van der Waals surface area contributed by atoms with E-state index in [2.05, 4.69) is 13.8 Å². The molecule has 1 aromatic rings. The first-order chi connectivity index (χ1) is 11.4. The van der Waals surface area contributed by atoms with Crippen molar-refractivity contribution in [3.63, 3.8) is 0 Å². The lowest BCUT2D eigenvalue weighted by Gasteiger charge is -2.12. The highest BCUT2D eigenvalue weighted by atomic mass is 35.5. The van der Waals surface area contributed by atoms with Crippen LogP contribution >= 0.6 is 11.6 Å². The van der Waals surface area contributed by atoms with E-state index in [1.165, 1.54) is 6.07 Å². The van der Waals surface area contributed by atoms with Gasteiger partial charge in [-0.3, -0.25) is 0 Å². The van der Waals surface area contributed by atoms with E-state index < -0.39 is 11.9 Å². The first-order valence-electron chi connectivity index (χ1n) is 8.51. The summed E-state index contributed by atoms with van der Waals surface area (Å²) >= 11 is 6.10. The van der Waals surface area contributed by atoms with Crippen LogP contribution in [0.15, 0.2) is 12.1 Å². The molecule has 0 aliphatic carbocycles. The van der Waals surface area contributed by atoms with Crippen LogP contribution in [0.25, 0.3) is 0 Å². The number of hydrogen-bond donors (Lipinski definition) is 0. The molecule has 0 aliphatic rings. The lowest BCUT2D eigenvalue weighted by molar-refractivity contribution is 0.0450. The minimum absolute atomic E-state index is 0.164. The van der Waals surface area contributed by atoms with Crippen LogP contribution < -0.4 is 0 Å². The van der Waals surface area contributed by atoms with Crippen LogP contribution in [0, 0.1) is 12.8 Å². The molecule has 0 heterocycles. The van der Waals surface area contributed by atoms with Gasteiger partial charge < -0.3 is 9.47 Å². The van der Waals surface area contributed by atoms with Crippen molar-refractivity contribution in [1.29, 1.82) is 0 Å². The zero-order valence-electron chi connectivity index (χ0n) is 15.0. The molecule has 5 heteroatoms. The minimum Gasteiger partial charge on any atom is -0.462 e. The fourth-order valence-electron chi connectivity index (χ4n) is 2.14. The average molecular weight is 355 g/mol. The van der Waals surface area contributed by atoms with Gasteiger partial charge in [0.25, 0.3) is 0 Å². The number of aryl methyl sites for hydroxylation is 1. The van der Waals surface area contributed by atoms with Gasteiger partial charge in [-0.05, 0) is 49.8 Å². The Morgan fingerprint density at radius 1 is 1.04 bits per heavy atom. The zero-order valence-corrected chi connectivity index (χ0v) is 15.7. The van der Waals surface area contributed by atoms with Gasteiger partial charge in [-0.25, -0.2) is 9.59 Å². The largest absolute Gasteiger partial charge is 0.462 e. The van der Waals surface area contributed by atoms with Gasteiger partial charge in [-0.1, -0.05) is 38.8 Å². The second kappa shape index (κ2) is 10.3. The molecule has 0 unspecified atom stereocenters. The Kier molecular flexibility index (Phi) is 8.83. The summed E-state index contributed by atoms with van der Waals surface area (Å²) in [6, 6.07) is 3.07. The van der Waals surface area contributed by atoms with Gasteiger partial charge in [0.15, 0.2) is 0 Å². The van der Waals surface area contributed by atoms with Crippen LogP contribution in [0.3, 0.4) is 0 Å². The smallest absolute Gasteiger partial charge is 0.339 e. The fourth-order valence-corrected chi connectivity index (χ4v) is 2.30. The van der Waals surface area contributed by atoms with Gasteiger partial charge in [0.1, 0.15) is 0 Å². The third-order valence-corrected chi connectivity index (χ3v) is 4.04. The number of benzene rings is 1. The van der Waals surface area contributed by atoms with Gasteiger partial charge in [0.2, 0.25) is 0 Å². The van der Waals surface area contributed by atoms with Gasteiger partial charge in [-0.2, -0.15) is 0 Å². The van der Waals surface area contributed by atoms with Crippen LogP contribution in [-0.4, -0.2) is 25.2 Å². The van der Waals surface area contributed by atoms with Crippen molar-refractivity contribution in [3.05, 3.63) is 33.8 Å². The number of carbonyl (C=O) groups excluding carboxylic acids is 2. The van der Waals surface area contributed by atoms with Crippen LogP contribution in [0.4, 0.5) is 0 Å². The number of rotatable bonds is 9. The minimum atomic E-state index is -0.539. The summed E-state index contributed by atoms with van der Waals surface area (Å²) in [7, 11) is 0. The normalized spacial score (nSPS) is 10.8. The number of esters is 2. The van der Waals surface area contributed by atoms with Gasteiger partial charge >= 0.3 is 11.9 Å². The lowest BCUT2D eigenvalue weighted by atomic mass is 10.0. The Balaban J connectivity index is 2.85. The second-order valence-electron chi connectivity index (χ2n) is 6.31. The molecule has 0 aliphatic heterocycles. The van der Waals surface area contributed by atoms with Crippen LogP contribution in [0.1, 0.15) is 72.7 Å². The lowest BCUT2D eigenvalue weighted by Crippen LogP contribution is -2.15. The molecular weight excluding hydrogens is 328 g/mol. The summed E-state index contributed by atoms with van der Waals surface area (Å²) in [4.78, 5) is 24.6. The number of unbranched alkanes of at least 4 members (excludes halogenated alkanes) is 1. The molecule has 0 atom stereocenters. The molecule has 134 valence electrons. The molecule has 1 rings (SSSR count). The molecule has 0 amide bonds. The fraction of sp³-hybridized carbons (Fsp3) is 0.579. The Hall–Kier alpha value is -1.55. The van der Waals surface area contributed by atoms with Crippen molar-refractivity contribution >= 4 is 23.5 Å². The first kappa shape index (κ1) is 20.5. The Morgan fingerprint density at radius 3 is 2.12 bits per heavy atom. The van der Waals surface area contributed by atoms with E-state index >= 15 is 0 Å². The van der Waals surface area contributed by atoms with E-state index in [0.717, 1.165) is 31.2 Å². The van der Waals surface area contributed by atoms with Crippen molar-refractivity contribution in [2.24, 2.45) is 5.92 Å². The highest BCUT2D eigenvalue weighted by Crippen LogP contribution is 2.23. The maximum atomic E-state index is 12.3. The number of carbonyl (C=O) groups is 2. The van der Waals surface area contributed by atoms with Crippen molar-refractivity contribution in [2.45, 2.75) is 53.4 Å². The third-order valence-electron chi connectivity index (χ3n) is 3.63. The summed E-state index contributed by atoms with van der Waals surface area (Å²) in [5.41, 5.74) is 1.09. The van der Waals surface area contributed by atoms with E-state index in [1.54, 1.807) is 13.0 Å². The number of halogens is 1. The number of ether oxygens (including phenoxy) is 2. The molecule has 0 radical (unpaired) electrons. The van der Waals surface area contributed by atoms with Crippen molar-refractivity contribution in [3.8, 4) is 0 Å². The summed E-state index contributed by atoms with van der Waals surface area (Å²) in [6.45, 7) is 8.69. The van der Waals surface area contributed by atoms with Crippen molar-refractivity contribution in [2.75, 3.05) is 13.2 Å². The monoisotopic (exact) mass is 354 g/mol. The maximum absolute atomic E-state index is 12.3. The Bertz CT molecular complexity index is 567. The molecule has 0 bridgehead atoms. The number of hydrogen-bond acceptors (Lipinski definition) is 4. The summed E-state index contributed by atoms with van der Waals surface area (Å²) in [5.74, 6) is -0.498. The van der Waals surface area contributed by atoms with E-state index in [4.69, 9.17) is 21.1 Å². The first-order valence-corrected chi connectivity index (χ1v) is 8.89. The van der Waals surface area contributed by atoms with Crippen LogP contribution in [-0.2, 0) is 9.47 Å². The van der Waals surface area contributed by atoms with E-state index in [-0.39, 0.29) is 11.1 Å². The molecule has 1 aromatic carbocycles. The topological polar surface area (TPSA) is 52.6 Å². The Labute approximate surface area is 149 Å². The van der Waals surface area contributed by atoms with E-state index in [0.29, 0.717) is 24.2 Å². The molecule has 0 N–H and O–H groups in total. The molecule has 4 nitrogen and oxygen atoms in total. The standard InChI is InChI=1S/C19H27ClO4/c1-5-6-9-23-18(21)15-11-14(4)17(20)12-16(15)19(22)24-10-7-8-13(2)3/h11-13H,5-10H2,1-4H3. The van der Waals surface area contributed by atoms with Crippen molar-refractivity contribution in [1.82, 2.24) is 0 Å². The van der Waals surface area contributed by atoms with Gasteiger partial charge in [-0.15, -0.1) is 0 Å². The molecule has 0 fully saturated rings. The van der Waals surface area contributed by atoms with E-state index in [1.807, 2.05) is 6.92 Å². The molecule has 24 heavy (non-hydrogen) atoms. The van der Waals surface area contributed by atoms with E-state index in [9.17, 15) is 9.59 Å². The highest BCUT2D eigenvalue weighted by Gasteiger charge is 2.21. The molecule has 0 saturated heterocycles. The predicted octanol–water partition coefficient (Wildman–Crippen LogP) is 5.20. The highest BCUT2D eigenvalue weighted by molar-refractivity contribution is 6.32. The van der Waals surface area contributed by atoms with Gasteiger partial charge in [0, 0.05) is 5.02 Å². The Morgan fingerprint density at radius 2 is 1.58 bits per heavy atom. The third kappa shape index (κ3) is 6.52. The molecular formula is C19H27ClO4. The zero-order chi connectivity index (χ0) is 18.1. The predicted molar refractivity (Wildman–Crippen MR) is 95.7 cm³/mol. The van der Waals surface area contributed by atoms with Crippen LogP contribution in [0.5, 0.6) is 0 Å². The maximum Gasteiger partial charge on any atom is 0.339 e. The summed E-state index contributed by atoms with van der Waals surface area (Å²) < 4.78 is 10.5. The SMILES string of the molecule is CCCCOC(=O)c1cc(C)c(Cl)cc1C(=O)OCCCC(C)C. The molecule has 0 aromatic heterocycles. The molecule has 0 saturated carbocycles. The summed E-state index contributed by atoms with van der Waals surface area (Å²) in [6.07, 6.45) is 3.48. The van der Waals surface area contributed by atoms with Gasteiger partial charge in [0.05, 0.1) is 24.3 Å². The average Bonchev–Trinajstić information content (AvgIpc) is 2.53. The second-order valence-corrected chi connectivity index (χ2v) is 6.72. The quantitative estimate of drug-likeness (QED) is 0.452. The van der Waals surface area contributed by atoms with Crippen molar-refractivity contribution < 1.29 is 19.1 Å². The molecule has 0 spiro atoms. The summed E-state index contributed by atoms with van der Waals surface area (Å²) in [5, 5.41) is 0.425. The van der Waals surface area contributed by atoms with Crippen LogP contribution in [0.2, 0.25) is 5.02 Å².